The van der Waals surface area contributed by atoms with E-state index in [2.05, 4.69) is 0 Å². The van der Waals surface area contributed by atoms with Gasteiger partial charge >= 0.3 is 5.97 Å². The van der Waals surface area contributed by atoms with Crippen molar-refractivity contribution in [3.8, 4) is 0 Å². The summed E-state index contributed by atoms with van der Waals surface area (Å²) in [7, 11) is 0. The van der Waals surface area contributed by atoms with Gasteiger partial charge in [0.2, 0.25) is 0 Å². The molecule has 1 saturated carbocycles. The lowest BCUT2D eigenvalue weighted by atomic mass is 10.1. The van der Waals surface area contributed by atoms with E-state index in [0.717, 1.165) is 12.8 Å². The molecular formula is C13H15NO3. The minimum absolute atomic E-state index is 0.0915. The Kier molecular flexibility index (Phi) is 3.13. The minimum Gasteiger partial charge on any atom is -0.480 e. The molecule has 1 aliphatic rings. The molecular weight excluding hydrogens is 218 g/mol. The molecule has 1 N–H and O–H groups in total. The first-order valence-corrected chi connectivity index (χ1v) is 5.72. The van der Waals surface area contributed by atoms with E-state index in [-0.39, 0.29) is 11.9 Å². The molecule has 1 aromatic rings. The Morgan fingerprint density at radius 2 is 1.88 bits per heavy atom. The summed E-state index contributed by atoms with van der Waals surface area (Å²) < 4.78 is 0. The Labute approximate surface area is 99.9 Å². The van der Waals surface area contributed by atoms with Crippen LogP contribution in [-0.4, -0.2) is 34.0 Å². The van der Waals surface area contributed by atoms with Crippen LogP contribution in [0.5, 0.6) is 0 Å². The largest absolute Gasteiger partial charge is 0.480 e. The Balaban J connectivity index is 2.22. The lowest BCUT2D eigenvalue weighted by Gasteiger charge is -2.26. The summed E-state index contributed by atoms with van der Waals surface area (Å²) in [5.74, 6) is -1.15. The zero-order chi connectivity index (χ0) is 12.4. The number of carboxylic acids is 1. The van der Waals surface area contributed by atoms with Gasteiger partial charge in [0.1, 0.15) is 6.04 Å². The third-order valence-corrected chi connectivity index (χ3v) is 2.97. The van der Waals surface area contributed by atoms with Crippen LogP contribution >= 0.6 is 0 Å². The van der Waals surface area contributed by atoms with E-state index in [0.29, 0.717) is 5.56 Å². The molecule has 1 unspecified atom stereocenters. The number of rotatable bonds is 4. The highest BCUT2D eigenvalue weighted by molar-refractivity contribution is 5.96. The van der Waals surface area contributed by atoms with Crippen LogP contribution in [0.1, 0.15) is 30.1 Å². The van der Waals surface area contributed by atoms with E-state index < -0.39 is 12.0 Å². The van der Waals surface area contributed by atoms with E-state index in [1.54, 1.807) is 31.2 Å². The molecule has 17 heavy (non-hydrogen) atoms. The number of benzene rings is 1. The van der Waals surface area contributed by atoms with Gasteiger partial charge in [0, 0.05) is 11.6 Å². The number of hydrogen-bond donors (Lipinski definition) is 1. The second-order valence-electron chi connectivity index (χ2n) is 4.32. The van der Waals surface area contributed by atoms with Crippen molar-refractivity contribution in [3.63, 3.8) is 0 Å². The lowest BCUT2D eigenvalue weighted by Crippen LogP contribution is -2.44. The molecule has 0 saturated heterocycles. The monoisotopic (exact) mass is 233 g/mol. The molecule has 4 heteroatoms. The van der Waals surface area contributed by atoms with Gasteiger partial charge in [-0.25, -0.2) is 4.79 Å². The standard InChI is InChI=1S/C13H15NO3/c1-9(13(16)17)14(11-7-8-11)12(15)10-5-3-2-4-6-10/h2-6,9,11H,7-8H2,1H3,(H,16,17). The molecule has 90 valence electrons. The zero-order valence-electron chi connectivity index (χ0n) is 9.67. The molecule has 0 aromatic heterocycles. The summed E-state index contributed by atoms with van der Waals surface area (Å²) in [6.45, 7) is 1.56. The fourth-order valence-electron chi connectivity index (χ4n) is 1.86. The van der Waals surface area contributed by atoms with Crippen LogP contribution in [0.3, 0.4) is 0 Å². The van der Waals surface area contributed by atoms with Crippen LogP contribution in [0.2, 0.25) is 0 Å². The Hall–Kier alpha value is -1.84. The highest BCUT2D eigenvalue weighted by atomic mass is 16.4. The van der Waals surface area contributed by atoms with Crippen LogP contribution in [0.25, 0.3) is 0 Å². The first kappa shape index (κ1) is 11.6. The third-order valence-electron chi connectivity index (χ3n) is 2.97. The number of carbonyl (C=O) groups is 2. The summed E-state index contributed by atoms with van der Waals surface area (Å²) in [5.41, 5.74) is 0.549. The van der Waals surface area contributed by atoms with Gasteiger partial charge < -0.3 is 10.0 Å². The van der Waals surface area contributed by atoms with E-state index >= 15 is 0 Å². The van der Waals surface area contributed by atoms with E-state index in [1.807, 2.05) is 6.07 Å². The Bertz CT molecular complexity index is 426. The predicted octanol–water partition coefficient (Wildman–Crippen LogP) is 1.76. The van der Waals surface area contributed by atoms with Crippen molar-refractivity contribution in [1.82, 2.24) is 4.90 Å². The molecule has 0 heterocycles. The summed E-state index contributed by atoms with van der Waals surface area (Å²) in [4.78, 5) is 24.7. The molecule has 1 aromatic carbocycles. The lowest BCUT2D eigenvalue weighted by molar-refractivity contribution is -0.141. The highest BCUT2D eigenvalue weighted by Gasteiger charge is 2.38. The highest BCUT2D eigenvalue weighted by Crippen LogP contribution is 2.30. The fourth-order valence-corrected chi connectivity index (χ4v) is 1.86. The molecule has 1 aliphatic carbocycles. The number of nitrogens with zero attached hydrogens (tertiary/aromatic N) is 1. The van der Waals surface area contributed by atoms with Gasteiger partial charge in [0.25, 0.3) is 5.91 Å². The third kappa shape index (κ3) is 2.46. The Morgan fingerprint density at radius 1 is 1.29 bits per heavy atom. The predicted molar refractivity (Wildman–Crippen MR) is 62.7 cm³/mol. The topological polar surface area (TPSA) is 57.6 Å². The average molecular weight is 233 g/mol. The normalized spacial score (nSPS) is 16.3. The quantitative estimate of drug-likeness (QED) is 0.862. The number of aliphatic carboxylic acids is 1. The summed E-state index contributed by atoms with van der Waals surface area (Å²) in [6, 6.07) is 8.15. The molecule has 4 nitrogen and oxygen atoms in total. The van der Waals surface area contributed by atoms with Gasteiger partial charge in [-0.1, -0.05) is 18.2 Å². The van der Waals surface area contributed by atoms with Crippen molar-refractivity contribution in [3.05, 3.63) is 35.9 Å². The SMILES string of the molecule is CC(C(=O)O)N(C(=O)c1ccccc1)C1CC1. The number of carboxylic acid groups (broad SMARTS) is 1. The molecule has 0 aliphatic heterocycles. The number of carbonyl (C=O) groups excluding carboxylic acids is 1. The van der Waals surface area contributed by atoms with E-state index in [4.69, 9.17) is 5.11 Å². The van der Waals surface area contributed by atoms with Gasteiger partial charge in [0.15, 0.2) is 0 Å². The van der Waals surface area contributed by atoms with Crippen molar-refractivity contribution in [2.75, 3.05) is 0 Å². The van der Waals surface area contributed by atoms with E-state index in [9.17, 15) is 9.59 Å². The van der Waals surface area contributed by atoms with Gasteiger partial charge in [-0.05, 0) is 31.9 Å². The second-order valence-corrected chi connectivity index (χ2v) is 4.32. The van der Waals surface area contributed by atoms with Crippen molar-refractivity contribution in [2.24, 2.45) is 0 Å². The van der Waals surface area contributed by atoms with Crippen LogP contribution < -0.4 is 0 Å². The van der Waals surface area contributed by atoms with Crippen molar-refractivity contribution in [1.29, 1.82) is 0 Å². The molecule has 1 atom stereocenters. The molecule has 0 bridgehead atoms. The van der Waals surface area contributed by atoms with Gasteiger partial charge in [-0.3, -0.25) is 4.79 Å². The summed E-state index contributed by atoms with van der Waals surface area (Å²) >= 11 is 0. The van der Waals surface area contributed by atoms with Crippen LogP contribution in [0.4, 0.5) is 0 Å². The van der Waals surface area contributed by atoms with Gasteiger partial charge in [0.05, 0.1) is 0 Å². The maximum atomic E-state index is 12.2. The molecule has 1 fully saturated rings. The first-order chi connectivity index (χ1) is 8.11. The fraction of sp³-hybridized carbons (Fsp3) is 0.385. The van der Waals surface area contributed by atoms with Crippen LogP contribution in [-0.2, 0) is 4.79 Å². The first-order valence-electron chi connectivity index (χ1n) is 5.72. The summed E-state index contributed by atoms with van der Waals surface area (Å²) in [6.07, 6.45) is 1.80. The zero-order valence-corrected chi connectivity index (χ0v) is 9.67. The molecule has 1 amide bonds. The van der Waals surface area contributed by atoms with Crippen molar-refractivity contribution in [2.45, 2.75) is 31.8 Å². The summed E-state index contributed by atoms with van der Waals surface area (Å²) in [5, 5.41) is 9.03. The minimum atomic E-state index is -0.957. The molecule has 0 spiro atoms. The second kappa shape index (κ2) is 4.57. The average Bonchev–Trinajstić information content (AvgIpc) is 3.14. The Morgan fingerprint density at radius 3 is 2.35 bits per heavy atom. The maximum Gasteiger partial charge on any atom is 0.326 e. The molecule has 2 rings (SSSR count). The maximum absolute atomic E-state index is 12.2. The van der Waals surface area contributed by atoms with Crippen molar-refractivity contribution < 1.29 is 14.7 Å². The van der Waals surface area contributed by atoms with E-state index in [1.165, 1.54) is 4.90 Å². The number of hydrogen-bond acceptors (Lipinski definition) is 2. The van der Waals surface area contributed by atoms with Crippen molar-refractivity contribution >= 4 is 11.9 Å². The number of amides is 1. The van der Waals surface area contributed by atoms with Crippen LogP contribution in [0, 0.1) is 0 Å². The molecule has 0 radical (unpaired) electrons. The smallest absolute Gasteiger partial charge is 0.326 e. The van der Waals surface area contributed by atoms with Gasteiger partial charge in [-0.15, -0.1) is 0 Å². The van der Waals surface area contributed by atoms with Gasteiger partial charge in [-0.2, -0.15) is 0 Å². The van der Waals surface area contributed by atoms with Crippen LogP contribution in [0.15, 0.2) is 30.3 Å².